The summed E-state index contributed by atoms with van der Waals surface area (Å²) < 4.78 is 1.56. The predicted molar refractivity (Wildman–Crippen MR) is 94.0 cm³/mol. The van der Waals surface area contributed by atoms with Gasteiger partial charge in [0.25, 0.3) is 0 Å². The molecule has 1 heterocycles. The number of nitrogens with two attached hydrogens (primary N) is 1. The van der Waals surface area contributed by atoms with Crippen LogP contribution in [0.15, 0.2) is 42.5 Å². The Kier molecular flexibility index (Phi) is 4.03. The summed E-state index contributed by atoms with van der Waals surface area (Å²) in [5.41, 5.74) is 10.6. The van der Waals surface area contributed by atoms with Gasteiger partial charge in [-0.3, -0.25) is 4.79 Å². The molecule has 7 nitrogen and oxygen atoms in total. The number of ketones is 1. The maximum atomic E-state index is 12.6. The van der Waals surface area contributed by atoms with Crippen LogP contribution in [0.1, 0.15) is 39.8 Å². The number of hydrogen-bond acceptors (Lipinski definition) is 6. The summed E-state index contributed by atoms with van der Waals surface area (Å²) in [5.74, 6) is 0.584. The van der Waals surface area contributed by atoms with Crippen LogP contribution in [0, 0.1) is 11.3 Å². The Hall–Kier alpha value is -3.37. The third-order valence-electron chi connectivity index (χ3n) is 4.57. The van der Waals surface area contributed by atoms with Crippen molar-refractivity contribution in [3.63, 3.8) is 0 Å². The van der Waals surface area contributed by atoms with E-state index < -0.39 is 6.04 Å². The SMILES string of the molecule is N#CCCn1nnnc1C(N)Cc1ccc2c(c1)C(=O)c1ccccc1-2. The lowest BCUT2D eigenvalue weighted by Crippen LogP contribution is -2.20. The van der Waals surface area contributed by atoms with Gasteiger partial charge in [0.15, 0.2) is 11.6 Å². The van der Waals surface area contributed by atoms with Crippen molar-refractivity contribution in [3.8, 4) is 17.2 Å². The number of aromatic nitrogens is 4. The van der Waals surface area contributed by atoms with E-state index in [4.69, 9.17) is 11.0 Å². The van der Waals surface area contributed by atoms with Crippen LogP contribution < -0.4 is 5.73 Å². The first-order valence-electron chi connectivity index (χ1n) is 8.34. The van der Waals surface area contributed by atoms with Crippen LogP contribution in [-0.4, -0.2) is 26.0 Å². The van der Waals surface area contributed by atoms with Gasteiger partial charge in [0.1, 0.15) is 0 Å². The molecule has 2 N–H and O–H groups in total. The molecule has 0 fully saturated rings. The first-order valence-corrected chi connectivity index (χ1v) is 8.34. The average Bonchev–Trinajstić information content (AvgIpc) is 3.24. The fraction of sp³-hybridized carbons (Fsp3) is 0.211. The topological polar surface area (TPSA) is 110 Å². The van der Waals surface area contributed by atoms with Gasteiger partial charge in [0, 0.05) is 11.1 Å². The number of carbonyl (C=O) groups is 1. The van der Waals surface area contributed by atoms with Crippen LogP contribution in [0.5, 0.6) is 0 Å². The van der Waals surface area contributed by atoms with Gasteiger partial charge in [-0.2, -0.15) is 5.26 Å². The van der Waals surface area contributed by atoms with E-state index in [2.05, 4.69) is 21.6 Å². The molecular weight excluding hydrogens is 328 g/mol. The maximum Gasteiger partial charge on any atom is 0.194 e. The van der Waals surface area contributed by atoms with Gasteiger partial charge in [-0.05, 0) is 39.6 Å². The minimum Gasteiger partial charge on any atom is -0.321 e. The molecule has 1 unspecified atom stereocenters. The molecule has 0 aliphatic heterocycles. The molecule has 1 aliphatic rings. The Morgan fingerprint density at radius 3 is 2.69 bits per heavy atom. The van der Waals surface area contributed by atoms with Gasteiger partial charge in [-0.15, -0.1) is 5.10 Å². The molecule has 0 spiro atoms. The van der Waals surface area contributed by atoms with Crippen molar-refractivity contribution in [2.75, 3.05) is 0 Å². The molecule has 3 aromatic rings. The Morgan fingerprint density at radius 1 is 1.12 bits per heavy atom. The van der Waals surface area contributed by atoms with Crippen molar-refractivity contribution < 1.29 is 4.79 Å². The lowest BCUT2D eigenvalue weighted by Gasteiger charge is -2.12. The maximum absolute atomic E-state index is 12.6. The van der Waals surface area contributed by atoms with E-state index >= 15 is 0 Å². The third-order valence-corrected chi connectivity index (χ3v) is 4.57. The van der Waals surface area contributed by atoms with E-state index in [0.29, 0.717) is 30.8 Å². The Bertz CT molecular complexity index is 1030. The normalized spacial score (nSPS) is 13.2. The fourth-order valence-corrected chi connectivity index (χ4v) is 3.34. The molecule has 128 valence electrons. The van der Waals surface area contributed by atoms with Crippen LogP contribution in [-0.2, 0) is 13.0 Å². The van der Waals surface area contributed by atoms with Crippen molar-refractivity contribution in [2.45, 2.75) is 25.4 Å². The Morgan fingerprint density at radius 2 is 1.88 bits per heavy atom. The van der Waals surface area contributed by atoms with E-state index in [1.807, 2.05) is 42.5 Å². The van der Waals surface area contributed by atoms with Gasteiger partial charge >= 0.3 is 0 Å². The largest absolute Gasteiger partial charge is 0.321 e. The second-order valence-electron chi connectivity index (χ2n) is 6.23. The number of carbonyl (C=O) groups excluding carboxylic acids is 1. The monoisotopic (exact) mass is 344 g/mol. The average molecular weight is 344 g/mol. The van der Waals surface area contributed by atoms with E-state index in [9.17, 15) is 4.79 Å². The van der Waals surface area contributed by atoms with Crippen molar-refractivity contribution >= 4 is 5.78 Å². The molecule has 0 radical (unpaired) electrons. The lowest BCUT2D eigenvalue weighted by atomic mass is 9.99. The fourth-order valence-electron chi connectivity index (χ4n) is 3.34. The Labute approximate surface area is 150 Å². The van der Waals surface area contributed by atoms with Gasteiger partial charge < -0.3 is 5.73 Å². The van der Waals surface area contributed by atoms with E-state index in [-0.39, 0.29) is 5.78 Å². The first kappa shape index (κ1) is 16.1. The summed E-state index contributed by atoms with van der Waals surface area (Å²) >= 11 is 0. The van der Waals surface area contributed by atoms with Crippen LogP contribution in [0.3, 0.4) is 0 Å². The first-order chi connectivity index (χ1) is 12.7. The summed E-state index contributed by atoms with van der Waals surface area (Å²) in [6.45, 7) is 0.407. The van der Waals surface area contributed by atoms with Crippen LogP contribution in [0.2, 0.25) is 0 Å². The third kappa shape index (κ3) is 2.66. The molecule has 0 saturated heterocycles. The highest BCUT2D eigenvalue weighted by Crippen LogP contribution is 2.37. The van der Waals surface area contributed by atoms with Gasteiger partial charge in [-0.25, -0.2) is 4.68 Å². The van der Waals surface area contributed by atoms with Gasteiger partial charge in [0.05, 0.1) is 25.1 Å². The number of tetrazole rings is 1. The molecule has 1 atom stereocenters. The van der Waals surface area contributed by atoms with Crippen molar-refractivity contribution in [1.29, 1.82) is 5.26 Å². The molecule has 7 heteroatoms. The van der Waals surface area contributed by atoms with Crippen LogP contribution in [0.25, 0.3) is 11.1 Å². The van der Waals surface area contributed by atoms with Gasteiger partial charge in [-0.1, -0.05) is 36.4 Å². The molecule has 0 saturated carbocycles. The zero-order valence-electron chi connectivity index (χ0n) is 14.0. The Balaban J connectivity index is 1.59. The molecule has 26 heavy (non-hydrogen) atoms. The predicted octanol–water partition coefficient (Wildman–Crippen LogP) is 2.04. The summed E-state index contributed by atoms with van der Waals surface area (Å²) in [7, 11) is 0. The number of aryl methyl sites for hydroxylation is 1. The van der Waals surface area contributed by atoms with Gasteiger partial charge in [0.2, 0.25) is 0 Å². The highest BCUT2D eigenvalue weighted by atomic mass is 16.1. The number of nitrogens with zero attached hydrogens (tertiary/aromatic N) is 5. The number of rotatable bonds is 5. The molecule has 2 aromatic carbocycles. The second-order valence-corrected chi connectivity index (χ2v) is 6.23. The minimum absolute atomic E-state index is 0.0462. The summed E-state index contributed by atoms with van der Waals surface area (Å²) in [6.07, 6.45) is 0.820. The molecule has 4 rings (SSSR count). The molecule has 1 aliphatic carbocycles. The summed E-state index contributed by atoms with van der Waals surface area (Å²) in [5, 5.41) is 20.2. The van der Waals surface area contributed by atoms with E-state index in [1.165, 1.54) is 0 Å². The molecular formula is C19H16N6O. The van der Waals surface area contributed by atoms with E-state index in [0.717, 1.165) is 22.3 Å². The summed E-state index contributed by atoms with van der Waals surface area (Å²) in [4.78, 5) is 12.6. The molecule has 0 bridgehead atoms. The number of hydrogen-bond donors (Lipinski definition) is 1. The van der Waals surface area contributed by atoms with Crippen molar-refractivity contribution in [2.24, 2.45) is 5.73 Å². The quantitative estimate of drug-likeness (QED) is 0.593. The number of benzene rings is 2. The standard InChI is InChI=1S/C19H16N6O/c20-8-3-9-25-19(22-23-24-25)17(21)11-12-6-7-14-13-4-1-2-5-15(13)18(26)16(14)10-12/h1-2,4-7,10,17H,3,9,11,21H2. The zero-order valence-corrected chi connectivity index (χ0v) is 14.0. The summed E-state index contributed by atoms with van der Waals surface area (Å²) in [6, 6.07) is 15.1. The van der Waals surface area contributed by atoms with Crippen LogP contribution in [0.4, 0.5) is 0 Å². The lowest BCUT2D eigenvalue weighted by molar-refractivity contribution is 0.104. The molecule has 0 amide bonds. The zero-order chi connectivity index (χ0) is 18.1. The highest BCUT2D eigenvalue weighted by Gasteiger charge is 2.26. The number of nitriles is 1. The van der Waals surface area contributed by atoms with Crippen molar-refractivity contribution in [1.82, 2.24) is 20.2 Å². The van der Waals surface area contributed by atoms with E-state index in [1.54, 1.807) is 4.68 Å². The number of fused-ring (bicyclic) bond motifs is 3. The molecule has 1 aromatic heterocycles. The minimum atomic E-state index is -0.416. The van der Waals surface area contributed by atoms with Crippen molar-refractivity contribution in [3.05, 3.63) is 65.0 Å². The second kappa shape index (κ2) is 6.50. The van der Waals surface area contributed by atoms with Crippen LogP contribution >= 0.6 is 0 Å². The smallest absolute Gasteiger partial charge is 0.194 e. The highest BCUT2D eigenvalue weighted by molar-refractivity contribution is 6.21.